The van der Waals surface area contributed by atoms with E-state index >= 15 is 0 Å². The average molecular weight is 240 g/mol. The van der Waals surface area contributed by atoms with Gasteiger partial charge in [0.2, 0.25) is 0 Å². The van der Waals surface area contributed by atoms with E-state index in [4.69, 9.17) is 19.7 Å². The van der Waals surface area contributed by atoms with Crippen molar-refractivity contribution < 1.29 is 19.7 Å². The lowest BCUT2D eigenvalue weighted by Crippen LogP contribution is -2.04. The number of hydrogen-bond acceptors (Lipinski definition) is 2. The van der Waals surface area contributed by atoms with Crippen molar-refractivity contribution in [3.05, 3.63) is 35.9 Å². The lowest BCUT2D eigenvalue weighted by molar-refractivity contribution is 0.112. The molecule has 0 amide bonds. The van der Waals surface area contributed by atoms with Crippen LogP contribution in [-0.4, -0.2) is 29.6 Å². The van der Waals surface area contributed by atoms with Crippen LogP contribution < -0.4 is 0 Å². The van der Waals surface area contributed by atoms with Crippen LogP contribution in [0.1, 0.15) is 19.4 Å². The average Bonchev–Trinajstić information content (AvgIpc) is 2.25. The number of carbonyl (C=O) groups is 1. The summed E-state index contributed by atoms with van der Waals surface area (Å²) in [6.45, 7) is 6.04. The number of hydrogen-bond donors (Lipinski definition) is 2. The van der Waals surface area contributed by atoms with E-state index in [-0.39, 0.29) is 0 Å². The quantitative estimate of drug-likeness (QED) is 0.776. The Hall–Kier alpha value is -1.55. The van der Waals surface area contributed by atoms with E-state index in [2.05, 4.69) is 38.1 Å². The first-order valence-electron chi connectivity index (χ1n) is 5.56. The minimum absolute atomic E-state index is 0.635. The van der Waals surface area contributed by atoms with Crippen molar-refractivity contribution in [1.29, 1.82) is 0 Å². The highest BCUT2D eigenvalue weighted by molar-refractivity contribution is 5.53. The molecule has 2 N–H and O–H groups in total. The fraction of sp³-hybridized carbons (Fsp3) is 0.462. The maximum Gasteiger partial charge on any atom is 0.503 e. The van der Waals surface area contributed by atoms with Crippen molar-refractivity contribution in [2.75, 3.05) is 13.2 Å². The summed E-state index contributed by atoms with van der Waals surface area (Å²) < 4.78 is 5.50. The molecule has 4 nitrogen and oxygen atoms in total. The van der Waals surface area contributed by atoms with Gasteiger partial charge in [0.25, 0.3) is 0 Å². The topological polar surface area (TPSA) is 66.8 Å². The molecule has 0 radical (unpaired) electrons. The maximum absolute atomic E-state index is 8.56. The molecule has 0 spiro atoms. The molecule has 17 heavy (non-hydrogen) atoms. The summed E-state index contributed by atoms with van der Waals surface area (Å²) in [6, 6.07) is 10.4. The Balaban J connectivity index is 0.000000557. The number of benzene rings is 1. The van der Waals surface area contributed by atoms with Crippen LogP contribution in [0.2, 0.25) is 0 Å². The van der Waals surface area contributed by atoms with E-state index in [1.165, 1.54) is 5.56 Å². The van der Waals surface area contributed by atoms with Crippen LogP contribution in [0.3, 0.4) is 0 Å². The van der Waals surface area contributed by atoms with Crippen molar-refractivity contribution >= 4 is 6.16 Å². The van der Waals surface area contributed by atoms with Crippen LogP contribution in [0.25, 0.3) is 0 Å². The summed E-state index contributed by atoms with van der Waals surface area (Å²) >= 11 is 0. The van der Waals surface area contributed by atoms with Crippen LogP contribution in [0.4, 0.5) is 4.79 Å². The first kappa shape index (κ1) is 15.4. The Bertz CT molecular complexity index is 292. The van der Waals surface area contributed by atoms with Crippen LogP contribution in [0.15, 0.2) is 30.3 Å². The Morgan fingerprint density at radius 2 is 1.76 bits per heavy atom. The van der Waals surface area contributed by atoms with Crippen molar-refractivity contribution in [2.24, 2.45) is 5.92 Å². The van der Waals surface area contributed by atoms with E-state index in [0.29, 0.717) is 5.92 Å². The SMILES string of the molecule is CC(C)COCCc1ccccc1.O=C(O)O. The van der Waals surface area contributed by atoms with Gasteiger partial charge in [0, 0.05) is 6.61 Å². The minimum atomic E-state index is -1.83. The van der Waals surface area contributed by atoms with E-state index in [9.17, 15) is 0 Å². The Morgan fingerprint density at radius 1 is 1.24 bits per heavy atom. The Kier molecular flexibility index (Phi) is 8.78. The first-order chi connectivity index (χ1) is 8.02. The molecule has 0 aliphatic carbocycles. The second-order valence-electron chi connectivity index (χ2n) is 3.99. The predicted molar refractivity (Wildman–Crippen MR) is 66.5 cm³/mol. The van der Waals surface area contributed by atoms with E-state index in [1.807, 2.05) is 6.07 Å². The van der Waals surface area contributed by atoms with Crippen molar-refractivity contribution in [2.45, 2.75) is 20.3 Å². The molecule has 1 aromatic carbocycles. The third-order valence-electron chi connectivity index (χ3n) is 1.83. The van der Waals surface area contributed by atoms with E-state index in [1.54, 1.807) is 0 Å². The first-order valence-corrected chi connectivity index (χ1v) is 5.56. The normalized spacial score (nSPS) is 9.59. The molecule has 0 bridgehead atoms. The van der Waals surface area contributed by atoms with Gasteiger partial charge < -0.3 is 14.9 Å². The van der Waals surface area contributed by atoms with Crippen molar-refractivity contribution in [3.63, 3.8) is 0 Å². The van der Waals surface area contributed by atoms with Gasteiger partial charge in [-0.05, 0) is 17.9 Å². The molecule has 1 rings (SSSR count). The fourth-order valence-electron chi connectivity index (χ4n) is 1.15. The minimum Gasteiger partial charge on any atom is -0.450 e. The van der Waals surface area contributed by atoms with Crippen LogP contribution in [0, 0.1) is 5.92 Å². The van der Waals surface area contributed by atoms with Gasteiger partial charge in [-0.1, -0.05) is 44.2 Å². The van der Waals surface area contributed by atoms with Crippen LogP contribution in [0.5, 0.6) is 0 Å². The summed E-state index contributed by atoms with van der Waals surface area (Å²) in [5, 5.41) is 13.9. The molecule has 0 atom stereocenters. The monoisotopic (exact) mass is 240 g/mol. The van der Waals surface area contributed by atoms with Gasteiger partial charge in [-0.2, -0.15) is 0 Å². The summed E-state index contributed by atoms with van der Waals surface area (Å²) in [6.07, 6.45) is -0.812. The molecular formula is C13H20O4. The van der Waals surface area contributed by atoms with Gasteiger partial charge in [-0.15, -0.1) is 0 Å². The van der Waals surface area contributed by atoms with Gasteiger partial charge in [0.05, 0.1) is 6.61 Å². The van der Waals surface area contributed by atoms with E-state index in [0.717, 1.165) is 19.6 Å². The van der Waals surface area contributed by atoms with Gasteiger partial charge in [0.1, 0.15) is 0 Å². The second-order valence-corrected chi connectivity index (χ2v) is 3.99. The van der Waals surface area contributed by atoms with Gasteiger partial charge in [-0.3, -0.25) is 0 Å². The molecule has 0 aliphatic rings. The van der Waals surface area contributed by atoms with Crippen LogP contribution >= 0.6 is 0 Å². The van der Waals surface area contributed by atoms with Gasteiger partial charge in [0.15, 0.2) is 0 Å². The number of rotatable bonds is 5. The molecule has 0 unspecified atom stereocenters. The largest absolute Gasteiger partial charge is 0.503 e. The molecule has 96 valence electrons. The zero-order valence-corrected chi connectivity index (χ0v) is 10.3. The summed E-state index contributed by atoms with van der Waals surface area (Å²) in [7, 11) is 0. The lowest BCUT2D eigenvalue weighted by atomic mass is 10.2. The standard InChI is InChI=1S/C12H18O.CH2O3/c1-11(2)10-13-9-8-12-6-4-3-5-7-12;2-1(3)4/h3-7,11H,8-10H2,1-2H3;(H2,2,3,4). The summed E-state index contributed by atoms with van der Waals surface area (Å²) in [4.78, 5) is 8.56. The molecule has 0 heterocycles. The maximum atomic E-state index is 8.56. The molecule has 0 aliphatic heterocycles. The number of ether oxygens (including phenoxy) is 1. The third kappa shape index (κ3) is 12.4. The van der Waals surface area contributed by atoms with E-state index < -0.39 is 6.16 Å². The molecule has 4 heteroatoms. The number of carboxylic acid groups (broad SMARTS) is 2. The Labute approximate surface area is 102 Å². The molecule has 0 aromatic heterocycles. The molecule has 0 saturated carbocycles. The smallest absolute Gasteiger partial charge is 0.450 e. The second kappa shape index (κ2) is 9.66. The highest BCUT2D eigenvalue weighted by Crippen LogP contribution is 2.00. The zero-order valence-electron chi connectivity index (χ0n) is 10.3. The van der Waals surface area contributed by atoms with Gasteiger partial charge >= 0.3 is 6.16 Å². The summed E-state index contributed by atoms with van der Waals surface area (Å²) in [5.74, 6) is 0.635. The highest BCUT2D eigenvalue weighted by atomic mass is 16.6. The molecule has 0 saturated heterocycles. The summed E-state index contributed by atoms with van der Waals surface area (Å²) in [5.41, 5.74) is 1.35. The van der Waals surface area contributed by atoms with Crippen LogP contribution in [-0.2, 0) is 11.2 Å². The Morgan fingerprint density at radius 3 is 2.24 bits per heavy atom. The highest BCUT2D eigenvalue weighted by Gasteiger charge is 1.94. The molecule has 0 fully saturated rings. The lowest BCUT2D eigenvalue weighted by Gasteiger charge is -2.06. The predicted octanol–water partition coefficient (Wildman–Crippen LogP) is 3.12. The third-order valence-corrected chi connectivity index (χ3v) is 1.83. The molecule has 1 aromatic rings. The van der Waals surface area contributed by atoms with Crippen molar-refractivity contribution in [1.82, 2.24) is 0 Å². The van der Waals surface area contributed by atoms with Gasteiger partial charge in [-0.25, -0.2) is 4.79 Å². The molecular weight excluding hydrogens is 220 g/mol. The van der Waals surface area contributed by atoms with Crippen molar-refractivity contribution in [3.8, 4) is 0 Å². The zero-order chi connectivity index (χ0) is 13.1. The fourth-order valence-corrected chi connectivity index (χ4v) is 1.15.